The molecule has 0 radical (unpaired) electrons. The zero-order valence-electron chi connectivity index (χ0n) is 10.2. The second-order valence-corrected chi connectivity index (χ2v) is 4.20. The summed E-state index contributed by atoms with van der Waals surface area (Å²) in [4.78, 5) is 0. The number of nitrogens with one attached hydrogen (secondary N) is 1. The monoisotopic (exact) mass is 252 g/mol. The van der Waals surface area contributed by atoms with Gasteiger partial charge in [0.1, 0.15) is 17.4 Å². The molecule has 0 aliphatic carbocycles. The first kappa shape index (κ1) is 12.7. The molecule has 1 N–H and O–H groups in total. The van der Waals surface area contributed by atoms with Gasteiger partial charge in [-0.3, -0.25) is 0 Å². The lowest BCUT2D eigenvalue weighted by Gasteiger charge is -2.14. The van der Waals surface area contributed by atoms with Crippen LogP contribution in [0.1, 0.15) is 29.9 Å². The highest BCUT2D eigenvalue weighted by Gasteiger charge is 2.13. The fraction of sp³-hybridized carbons (Fsp3) is 0.308. The summed E-state index contributed by atoms with van der Waals surface area (Å²) in [6, 6.07) is 3.83. The van der Waals surface area contributed by atoms with Crippen LogP contribution < -0.4 is 5.32 Å². The number of aryl methyl sites for hydroxylation is 1. The maximum atomic E-state index is 13.7. The van der Waals surface area contributed by atoms with Gasteiger partial charge in [0.2, 0.25) is 0 Å². The van der Waals surface area contributed by atoms with Gasteiger partial charge in [-0.15, -0.1) is 0 Å². The van der Waals surface area contributed by atoms with E-state index in [0.717, 1.165) is 0 Å². The van der Waals surface area contributed by atoms with Crippen LogP contribution in [0.25, 0.3) is 0 Å². The Hall–Kier alpha value is -1.75. The highest BCUT2D eigenvalue weighted by molar-refractivity contribution is 5.27. The SMILES string of the molecule is Cc1cc(F)c(C(C)NCc2ccno2)cc1F. The van der Waals surface area contributed by atoms with Crippen molar-refractivity contribution >= 4 is 0 Å². The number of rotatable bonds is 4. The van der Waals surface area contributed by atoms with Crippen LogP contribution in [0.2, 0.25) is 0 Å². The van der Waals surface area contributed by atoms with E-state index in [-0.39, 0.29) is 6.04 Å². The van der Waals surface area contributed by atoms with Crippen LogP contribution in [-0.4, -0.2) is 5.16 Å². The summed E-state index contributed by atoms with van der Waals surface area (Å²) in [6.07, 6.45) is 1.54. The molecule has 1 unspecified atom stereocenters. The predicted octanol–water partition coefficient (Wildman–Crippen LogP) is 3.11. The number of nitrogens with zero attached hydrogens (tertiary/aromatic N) is 1. The minimum atomic E-state index is -0.411. The molecule has 5 heteroatoms. The van der Waals surface area contributed by atoms with Gasteiger partial charge in [-0.1, -0.05) is 5.16 Å². The summed E-state index contributed by atoms with van der Waals surface area (Å²) in [6.45, 7) is 3.72. The van der Waals surface area contributed by atoms with Crippen molar-refractivity contribution in [3.63, 3.8) is 0 Å². The molecule has 1 atom stereocenters. The van der Waals surface area contributed by atoms with Gasteiger partial charge < -0.3 is 9.84 Å². The zero-order chi connectivity index (χ0) is 13.1. The van der Waals surface area contributed by atoms with Crippen LogP contribution in [0.4, 0.5) is 8.78 Å². The van der Waals surface area contributed by atoms with Crippen molar-refractivity contribution in [1.29, 1.82) is 0 Å². The summed E-state index contributed by atoms with van der Waals surface area (Å²) < 4.78 is 32.0. The van der Waals surface area contributed by atoms with Crippen molar-refractivity contribution in [3.8, 4) is 0 Å². The Morgan fingerprint density at radius 2 is 2.11 bits per heavy atom. The van der Waals surface area contributed by atoms with Crippen molar-refractivity contribution in [2.24, 2.45) is 0 Å². The molecule has 2 rings (SSSR count). The predicted molar refractivity (Wildman–Crippen MR) is 62.9 cm³/mol. The minimum absolute atomic E-state index is 0.303. The summed E-state index contributed by atoms with van der Waals surface area (Å²) in [7, 11) is 0. The zero-order valence-corrected chi connectivity index (χ0v) is 10.2. The van der Waals surface area contributed by atoms with Crippen molar-refractivity contribution in [1.82, 2.24) is 10.5 Å². The Bertz CT molecular complexity index is 526. The number of halogens is 2. The summed E-state index contributed by atoms with van der Waals surface area (Å²) in [5.41, 5.74) is 0.608. The van der Waals surface area contributed by atoms with Gasteiger partial charge in [-0.05, 0) is 31.5 Å². The second kappa shape index (κ2) is 5.27. The van der Waals surface area contributed by atoms with Gasteiger partial charge in [-0.25, -0.2) is 8.78 Å². The first-order valence-electron chi connectivity index (χ1n) is 5.66. The van der Waals surface area contributed by atoms with Crippen LogP contribution in [0.3, 0.4) is 0 Å². The number of hydrogen-bond acceptors (Lipinski definition) is 3. The molecule has 2 aromatic rings. The third-order valence-corrected chi connectivity index (χ3v) is 2.82. The molecule has 1 heterocycles. The van der Waals surface area contributed by atoms with Gasteiger partial charge >= 0.3 is 0 Å². The van der Waals surface area contributed by atoms with Gasteiger partial charge in [0.25, 0.3) is 0 Å². The molecule has 0 aliphatic rings. The largest absolute Gasteiger partial charge is 0.360 e. The van der Waals surface area contributed by atoms with Crippen molar-refractivity contribution in [2.75, 3.05) is 0 Å². The molecule has 0 aliphatic heterocycles. The molecule has 0 bridgehead atoms. The van der Waals surface area contributed by atoms with E-state index >= 15 is 0 Å². The first-order valence-corrected chi connectivity index (χ1v) is 5.66. The van der Waals surface area contributed by atoms with Crippen LogP contribution >= 0.6 is 0 Å². The molecular formula is C13H14F2N2O. The van der Waals surface area contributed by atoms with Gasteiger partial charge in [0, 0.05) is 17.7 Å². The molecule has 18 heavy (non-hydrogen) atoms. The summed E-state index contributed by atoms with van der Waals surface area (Å²) in [5, 5.41) is 6.62. The number of hydrogen-bond donors (Lipinski definition) is 1. The lowest BCUT2D eigenvalue weighted by atomic mass is 10.0. The number of benzene rings is 1. The van der Waals surface area contributed by atoms with Crippen molar-refractivity contribution < 1.29 is 13.3 Å². The highest BCUT2D eigenvalue weighted by Crippen LogP contribution is 2.20. The molecule has 0 fully saturated rings. The van der Waals surface area contributed by atoms with Crippen LogP contribution in [0.5, 0.6) is 0 Å². The van der Waals surface area contributed by atoms with E-state index in [1.807, 2.05) is 0 Å². The van der Waals surface area contributed by atoms with E-state index in [4.69, 9.17) is 4.52 Å². The molecule has 0 amide bonds. The van der Waals surface area contributed by atoms with E-state index < -0.39 is 11.6 Å². The molecular weight excluding hydrogens is 238 g/mol. The highest BCUT2D eigenvalue weighted by atomic mass is 19.1. The van der Waals surface area contributed by atoms with Crippen molar-refractivity contribution in [2.45, 2.75) is 26.4 Å². The molecule has 1 aromatic heterocycles. The molecule has 96 valence electrons. The van der Waals surface area contributed by atoms with Crippen LogP contribution in [0.15, 0.2) is 28.9 Å². The summed E-state index contributed by atoms with van der Waals surface area (Å²) >= 11 is 0. The van der Waals surface area contributed by atoms with E-state index in [1.54, 1.807) is 13.0 Å². The molecule has 0 saturated carbocycles. The summed E-state index contributed by atoms with van der Waals surface area (Å²) in [5.74, 6) is -0.166. The Kier molecular flexibility index (Phi) is 3.72. The van der Waals surface area contributed by atoms with Crippen LogP contribution in [-0.2, 0) is 6.54 Å². The average Bonchev–Trinajstić information content (AvgIpc) is 2.84. The smallest absolute Gasteiger partial charge is 0.150 e. The quantitative estimate of drug-likeness (QED) is 0.908. The average molecular weight is 252 g/mol. The van der Waals surface area contributed by atoms with Crippen molar-refractivity contribution in [3.05, 3.63) is 52.9 Å². The fourth-order valence-corrected chi connectivity index (χ4v) is 1.69. The van der Waals surface area contributed by atoms with E-state index in [2.05, 4.69) is 10.5 Å². The Balaban J connectivity index is 2.09. The normalized spacial score (nSPS) is 12.7. The Morgan fingerprint density at radius 1 is 1.33 bits per heavy atom. The first-order chi connectivity index (χ1) is 8.58. The van der Waals surface area contributed by atoms with E-state index in [1.165, 1.54) is 25.3 Å². The maximum absolute atomic E-state index is 13.7. The van der Waals surface area contributed by atoms with Gasteiger partial charge in [0.05, 0.1) is 12.7 Å². The molecule has 0 saturated heterocycles. The molecule has 0 spiro atoms. The second-order valence-electron chi connectivity index (χ2n) is 4.20. The van der Waals surface area contributed by atoms with E-state index in [0.29, 0.717) is 23.4 Å². The van der Waals surface area contributed by atoms with Gasteiger partial charge in [-0.2, -0.15) is 0 Å². The molecule has 3 nitrogen and oxygen atoms in total. The third kappa shape index (κ3) is 2.73. The molecule has 1 aromatic carbocycles. The Morgan fingerprint density at radius 3 is 2.78 bits per heavy atom. The minimum Gasteiger partial charge on any atom is -0.360 e. The van der Waals surface area contributed by atoms with Gasteiger partial charge in [0.15, 0.2) is 0 Å². The maximum Gasteiger partial charge on any atom is 0.150 e. The lowest BCUT2D eigenvalue weighted by molar-refractivity contribution is 0.364. The lowest BCUT2D eigenvalue weighted by Crippen LogP contribution is -2.19. The fourth-order valence-electron chi connectivity index (χ4n) is 1.69. The topological polar surface area (TPSA) is 38.1 Å². The Labute approximate surface area is 104 Å². The standard InChI is InChI=1S/C13H14F2N2O/c1-8-5-13(15)11(6-12(8)14)9(2)16-7-10-3-4-17-18-10/h3-6,9,16H,7H2,1-2H3. The van der Waals surface area contributed by atoms with E-state index in [9.17, 15) is 8.78 Å². The third-order valence-electron chi connectivity index (χ3n) is 2.82. The van der Waals surface area contributed by atoms with Crippen LogP contribution in [0, 0.1) is 18.6 Å². The number of aromatic nitrogens is 1.